The van der Waals surface area contributed by atoms with E-state index in [1.54, 1.807) is 4.68 Å². The molecule has 106 valence electrons. The first-order chi connectivity index (χ1) is 9.60. The Morgan fingerprint density at radius 3 is 2.80 bits per heavy atom. The number of halogens is 2. The molecule has 0 saturated carbocycles. The predicted molar refractivity (Wildman–Crippen MR) is 69.1 cm³/mol. The van der Waals surface area contributed by atoms with Gasteiger partial charge < -0.3 is 0 Å². The summed E-state index contributed by atoms with van der Waals surface area (Å²) in [5.41, 5.74) is 0.193. The van der Waals surface area contributed by atoms with Crippen LogP contribution < -0.4 is 0 Å². The van der Waals surface area contributed by atoms with Crippen molar-refractivity contribution in [2.75, 3.05) is 0 Å². The number of hydrogen-bond donors (Lipinski definition) is 0. The highest BCUT2D eigenvalue weighted by molar-refractivity contribution is 5.82. The smallest absolute Gasteiger partial charge is 0.144 e. The molecule has 1 heterocycles. The van der Waals surface area contributed by atoms with E-state index in [0.717, 1.165) is 18.6 Å². The average molecular weight is 279 g/mol. The van der Waals surface area contributed by atoms with Crippen LogP contribution in [0.15, 0.2) is 24.5 Å². The van der Waals surface area contributed by atoms with Gasteiger partial charge >= 0.3 is 0 Å². The molecular weight excluding hydrogens is 264 g/mol. The molecule has 0 spiro atoms. The van der Waals surface area contributed by atoms with Crippen LogP contribution in [0, 0.1) is 11.6 Å². The van der Waals surface area contributed by atoms with Crippen molar-refractivity contribution in [2.45, 2.75) is 32.7 Å². The van der Waals surface area contributed by atoms with Gasteiger partial charge in [0.25, 0.3) is 0 Å². The van der Waals surface area contributed by atoms with Gasteiger partial charge in [0, 0.05) is 19.0 Å². The summed E-state index contributed by atoms with van der Waals surface area (Å²) < 4.78 is 27.9. The fourth-order valence-corrected chi connectivity index (χ4v) is 1.94. The maximum absolute atomic E-state index is 13.5. The van der Waals surface area contributed by atoms with E-state index in [2.05, 4.69) is 10.1 Å². The molecule has 1 aromatic heterocycles. The number of aromatic nitrogens is 3. The van der Waals surface area contributed by atoms with Crippen LogP contribution in [0.3, 0.4) is 0 Å². The van der Waals surface area contributed by atoms with Gasteiger partial charge in [0.2, 0.25) is 0 Å². The summed E-state index contributed by atoms with van der Waals surface area (Å²) in [7, 11) is 0. The molecule has 2 rings (SSSR count). The standard InChI is InChI=1S/C14H15F2N3O/c1-2-5-19-14(17-9-18-19)8-12(20)6-10-3-4-11(15)7-13(10)16/h3-4,7,9H,2,5-6,8H2,1H3. The molecule has 0 amide bonds. The van der Waals surface area contributed by atoms with Gasteiger partial charge in [-0.1, -0.05) is 13.0 Å². The Morgan fingerprint density at radius 2 is 2.10 bits per heavy atom. The second-order valence-corrected chi connectivity index (χ2v) is 4.53. The number of benzene rings is 1. The zero-order valence-electron chi connectivity index (χ0n) is 11.1. The highest BCUT2D eigenvalue weighted by atomic mass is 19.1. The van der Waals surface area contributed by atoms with Crippen molar-refractivity contribution in [3.8, 4) is 0 Å². The molecule has 0 aliphatic rings. The van der Waals surface area contributed by atoms with E-state index in [4.69, 9.17) is 0 Å². The Hall–Kier alpha value is -2.11. The zero-order valence-corrected chi connectivity index (χ0v) is 11.1. The first kappa shape index (κ1) is 14.3. The van der Waals surface area contributed by atoms with Gasteiger partial charge in [0.05, 0.1) is 6.42 Å². The lowest BCUT2D eigenvalue weighted by Crippen LogP contribution is -2.13. The van der Waals surface area contributed by atoms with E-state index in [1.807, 2.05) is 6.92 Å². The third-order valence-corrected chi connectivity index (χ3v) is 2.89. The summed E-state index contributed by atoms with van der Waals surface area (Å²) in [5, 5.41) is 4.02. The minimum absolute atomic E-state index is 0.0783. The van der Waals surface area contributed by atoms with Crippen molar-refractivity contribution < 1.29 is 13.6 Å². The molecule has 4 nitrogen and oxygen atoms in total. The molecular formula is C14H15F2N3O. The molecule has 0 aliphatic heterocycles. The van der Waals surface area contributed by atoms with E-state index in [-0.39, 0.29) is 24.2 Å². The molecule has 0 atom stereocenters. The molecule has 0 bridgehead atoms. The Morgan fingerprint density at radius 1 is 1.30 bits per heavy atom. The highest BCUT2D eigenvalue weighted by Gasteiger charge is 2.13. The van der Waals surface area contributed by atoms with Crippen LogP contribution in [-0.4, -0.2) is 20.5 Å². The van der Waals surface area contributed by atoms with E-state index in [1.165, 1.54) is 12.4 Å². The van der Waals surface area contributed by atoms with Crippen LogP contribution in [0.4, 0.5) is 8.78 Å². The molecule has 0 radical (unpaired) electrons. The number of aryl methyl sites for hydroxylation is 1. The first-order valence-electron chi connectivity index (χ1n) is 6.42. The molecule has 0 N–H and O–H groups in total. The number of carbonyl (C=O) groups excluding carboxylic acids is 1. The lowest BCUT2D eigenvalue weighted by molar-refractivity contribution is -0.118. The Balaban J connectivity index is 2.03. The van der Waals surface area contributed by atoms with Crippen LogP contribution in [0.2, 0.25) is 0 Å². The van der Waals surface area contributed by atoms with Gasteiger partial charge in [-0.05, 0) is 18.1 Å². The minimum atomic E-state index is -0.701. The summed E-state index contributed by atoms with van der Waals surface area (Å²) >= 11 is 0. The Kier molecular flexibility index (Phi) is 4.55. The van der Waals surface area contributed by atoms with Crippen molar-refractivity contribution in [3.63, 3.8) is 0 Å². The fourth-order valence-electron chi connectivity index (χ4n) is 1.94. The number of nitrogens with zero attached hydrogens (tertiary/aromatic N) is 3. The number of hydrogen-bond acceptors (Lipinski definition) is 3. The summed E-state index contributed by atoms with van der Waals surface area (Å²) in [6.07, 6.45) is 2.30. The molecule has 0 unspecified atom stereocenters. The highest BCUT2D eigenvalue weighted by Crippen LogP contribution is 2.11. The predicted octanol–water partition coefficient (Wildman–Crippen LogP) is 2.32. The number of ketones is 1. The maximum Gasteiger partial charge on any atom is 0.144 e. The quantitative estimate of drug-likeness (QED) is 0.815. The largest absolute Gasteiger partial charge is 0.299 e. The maximum atomic E-state index is 13.5. The van der Waals surface area contributed by atoms with Crippen LogP contribution in [0.1, 0.15) is 24.7 Å². The van der Waals surface area contributed by atoms with Gasteiger partial charge in [0.1, 0.15) is 29.6 Å². The molecule has 6 heteroatoms. The minimum Gasteiger partial charge on any atom is -0.299 e. The van der Waals surface area contributed by atoms with E-state index < -0.39 is 11.6 Å². The third-order valence-electron chi connectivity index (χ3n) is 2.89. The molecule has 0 fully saturated rings. The van der Waals surface area contributed by atoms with Crippen molar-refractivity contribution >= 4 is 5.78 Å². The Bertz CT molecular complexity index is 610. The molecule has 20 heavy (non-hydrogen) atoms. The molecule has 2 aromatic rings. The second kappa shape index (κ2) is 6.36. The lowest BCUT2D eigenvalue weighted by Gasteiger charge is -2.05. The lowest BCUT2D eigenvalue weighted by atomic mass is 10.1. The first-order valence-corrected chi connectivity index (χ1v) is 6.42. The van der Waals surface area contributed by atoms with Crippen LogP contribution >= 0.6 is 0 Å². The van der Waals surface area contributed by atoms with Crippen molar-refractivity contribution in [3.05, 3.63) is 47.5 Å². The summed E-state index contributed by atoms with van der Waals surface area (Å²) in [6, 6.07) is 3.22. The monoisotopic (exact) mass is 279 g/mol. The molecule has 0 aliphatic carbocycles. The average Bonchev–Trinajstić information content (AvgIpc) is 2.81. The topological polar surface area (TPSA) is 47.8 Å². The number of carbonyl (C=O) groups is 1. The molecule has 0 saturated heterocycles. The third kappa shape index (κ3) is 3.46. The van der Waals surface area contributed by atoms with Crippen molar-refractivity contribution in [1.29, 1.82) is 0 Å². The molecule has 1 aromatic carbocycles. The van der Waals surface area contributed by atoms with E-state index in [9.17, 15) is 13.6 Å². The zero-order chi connectivity index (χ0) is 14.5. The fraction of sp³-hybridized carbons (Fsp3) is 0.357. The van der Waals surface area contributed by atoms with Crippen LogP contribution in [0.5, 0.6) is 0 Å². The van der Waals surface area contributed by atoms with E-state index in [0.29, 0.717) is 12.4 Å². The van der Waals surface area contributed by atoms with Crippen molar-refractivity contribution in [1.82, 2.24) is 14.8 Å². The Labute approximate surface area is 115 Å². The van der Waals surface area contributed by atoms with Gasteiger partial charge in [-0.15, -0.1) is 0 Å². The second-order valence-electron chi connectivity index (χ2n) is 4.53. The summed E-state index contributed by atoms with van der Waals surface area (Å²) in [4.78, 5) is 16.0. The summed E-state index contributed by atoms with van der Waals surface area (Å²) in [5.74, 6) is -0.963. The van der Waals surface area contributed by atoms with Crippen LogP contribution in [-0.2, 0) is 24.2 Å². The van der Waals surface area contributed by atoms with Gasteiger partial charge in [-0.3, -0.25) is 4.79 Å². The number of rotatable bonds is 6. The van der Waals surface area contributed by atoms with Gasteiger partial charge in [0.15, 0.2) is 0 Å². The normalized spacial score (nSPS) is 10.8. The van der Waals surface area contributed by atoms with Gasteiger partial charge in [-0.25, -0.2) is 18.4 Å². The van der Waals surface area contributed by atoms with Crippen molar-refractivity contribution in [2.24, 2.45) is 0 Å². The van der Waals surface area contributed by atoms with Gasteiger partial charge in [-0.2, -0.15) is 5.10 Å². The SMILES string of the molecule is CCCn1ncnc1CC(=O)Cc1ccc(F)cc1F. The van der Waals surface area contributed by atoms with E-state index >= 15 is 0 Å². The van der Waals surface area contributed by atoms with Crippen LogP contribution in [0.25, 0.3) is 0 Å². The summed E-state index contributed by atoms with van der Waals surface area (Å²) in [6.45, 7) is 2.69. The number of Topliss-reactive ketones (excluding diaryl/α,β-unsaturated/α-hetero) is 1.